The van der Waals surface area contributed by atoms with Crippen LogP contribution in [-0.2, 0) is 11.8 Å². The van der Waals surface area contributed by atoms with E-state index >= 15 is 0 Å². The Kier molecular flexibility index (Phi) is 6.86. The van der Waals surface area contributed by atoms with Crippen molar-refractivity contribution in [2.24, 2.45) is 7.05 Å². The Labute approximate surface area is 201 Å². The van der Waals surface area contributed by atoms with E-state index in [4.69, 9.17) is 18.9 Å². The fourth-order valence-corrected chi connectivity index (χ4v) is 3.68. The number of amides is 1. The van der Waals surface area contributed by atoms with Crippen molar-refractivity contribution in [1.82, 2.24) is 9.55 Å². The van der Waals surface area contributed by atoms with Gasteiger partial charge >= 0.3 is 0 Å². The SMILES string of the molecule is COc1cc(NC(=O)COc2ccc(-c3nc4ccccc4c(=O)n3C)cc2)cc(OC)c1OC. The maximum atomic E-state index is 12.7. The summed E-state index contributed by atoms with van der Waals surface area (Å²) in [5, 5.41) is 3.32. The third-order valence-electron chi connectivity index (χ3n) is 5.41. The number of methoxy groups -OCH3 is 3. The van der Waals surface area contributed by atoms with Gasteiger partial charge in [-0.05, 0) is 36.4 Å². The van der Waals surface area contributed by atoms with Gasteiger partial charge in [0.05, 0.1) is 32.2 Å². The fourth-order valence-electron chi connectivity index (χ4n) is 3.68. The van der Waals surface area contributed by atoms with E-state index in [0.717, 1.165) is 5.56 Å². The van der Waals surface area contributed by atoms with Crippen molar-refractivity contribution < 1.29 is 23.7 Å². The Morgan fingerprint density at radius 1 is 0.943 bits per heavy atom. The molecule has 1 N–H and O–H groups in total. The quantitative estimate of drug-likeness (QED) is 0.415. The van der Waals surface area contributed by atoms with Gasteiger partial charge in [0.1, 0.15) is 11.6 Å². The molecule has 3 aromatic carbocycles. The Balaban J connectivity index is 1.45. The summed E-state index contributed by atoms with van der Waals surface area (Å²) in [6.45, 7) is -0.206. The lowest BCUT2D eigenvalue weighted by atomic mass is 10.1. The third kappa shape index (κ3) is 4.89. The normalized spacial score (nSPS) is 10.6. The zero-order chi connectivity index (χ0) is 24.9. The molecule has 0 aliphatic heterocycles. The lowest BCUT2D eigenvalue weighted by Gasteiger charge is -2.15. The first kappa shape index (κ1) is 23.6. The van der Waals surface area contributed by atoms with Gasteiger partial charge in [-0.25, -0.2) is 4.98 Å². The predicted molar refractivity (Wildman–Crippen MR) is 133 cm³/mol. The van der Waals surface area contributed by atoms with E-state index in [-0.39, 0.29) is 18.1 Å². The molecule has 9 nitrogen and oxygen atoms in total. The lowest BCUT2D eigenvalue weighted by Crippen LogP contribution is -2.20. The van der Waals surface area contributed by atoms with Crippen LogP contribution in [0.5, 0.6) is 23.0 Å². The highest BCUT2D eigenvalue weighted by atomic mass is 16.5. The molecule has 1 amide bonds. The molecule has 0 saturated carbocycles. The maximum absolute atomic E-state index is 12.7. The van der Waals surface area contributed by atoms with E-state index in [2.05, 4.69) is 10.3 Å². The molecule has 0 atom stereocenters. The molecule has 35 heavy (non-hydrogen) atoms. The van der Waals surface area contributed by atoms with Crippen LogP contribution < -0.4 is 29.8 Å². The second-order valence-corrected chi connectivity index (χ2v) is 7.59. The van der Waals surface area contributed by atoms with Crippen LogP contribution in [0.1, 0.15) is 0 Å². The zero-order valence-electron chi connectivity index (χ0n) is 19.8. The van der Waals surface area contributed by atoms with Gasteiger partial charge in [-0.1, -0.05) is 12.1 Å². The first-order valence-corrected chi connectivity index (χ1v) is 10.7. The molecule has 0 unspecified atom stereocenters. The molecule has 4 rings (SSSR count). The van der Waals surface area contributed by atoms with Crippen LogP contribution in [-0.4, -0.2) is 43.4 Å². The van der Waals surface area contributed by atoms with Crippen LogP contribution >= 0.6 is 0 Å². The third-order valence-corrected chi connectivity index (χ3v) is 5.41. The lowest BCUT2D eigenvalue weighted by molar-refractivity contribution is -0.118. The van der Waals surface area contributed by atoms with Crippen LogP contribution in [0.25, 0.3) is 22.3 Å². The zero-order valence-corrected chi connectivity index (χ0v) is 19.8. The molecule has 1 heterocycles. The summed E-state index contributed by atoms with van der Waals surface area (Å²) in [6.07, 6.45) is 0. The summed E-state index contributed by atoms with van der Waals surface area (Å²) in [7, 11) is 6.20. The van der Waals surface area contributed by atoms with Gasteiger partial charge in [-0.2, -0.15) is 0 Å². The van der Waals surface area contributed by atoms with E-state index in [1.54, 1.807) is 49.5 Å². The molecular weight excluding hydrogens is 450 g/mol. The number of nitrogens with one attached hydrogen (secondary N) is 1. The molecule has 9 heteroatoms. The largest absolute Gasteiger partial charge is 0.493 e. The number of anilines is 1. The molecule has 0 radical (unpaired) electrons. The Hall–Kier alpha value is -4.53. The number of rotatable bonds is 8. The van der Waals surface area contributed by atoms with Crippen LogP contribution in [0.4, 0.5) is 5.69 Å². The smallest absolute Gasteiger partial charge is 0.262 e. The summed E-state index contributed by atoms with van der Waals surface area (Å²) < 4.78 is 23.0. The highest BCUT2D eigenvalue weighted by Crippen LogP contribution is 2.39. The van der Waals surface area contributed by atoms with E-state index in [1.165, 1.54) is 25.9 Å². The van der Waals surface area contributed by atoms with Crippen LogP contribution in [0, 0.1) is 0 Å². The fraction of sp³-hybridized carbons (Fsp3) is 0.192. The van der Waals surface area contributed by atoms with Crippen molar-refractivity contribution in [1.29, 1.82) is 0 Å². The molecule has 1 aromatic heterocycles. The molecule has 0 fully saturated rings. The highest BCUT2D eigenvalue weighted by Gasteiger charge is 2.15. The Morgan fingerprint density at radius 3 is 2.23 bits per heavy atom. The van der Waals surface area contributed by atoms with Gasteiger partial charge in [0.15, 0.2) is 18.1 Å². The molecule has 0 spiro atoms. The van der Waals surface area contributed by atoms with Crippen molar-refractivity contribution in [3.63, 3.8) is 0 Å². The monoisotopic (exact) mass is 475 g/mol. The van der Waals surface area contributed by atoms with Crippen molar-refractivity contribution in [3.8, 4) is 34.4 Å². The van der Waals surface area contributed by atoms with Crippen molar-refractivity contribution >= 4 is 22.5 Å². The van der Waals surface area contributed by atoms with Gasteiger partial charge in [0.25, 0.3) is 11.5 Å². The molecule has 0 saturated heterocycles. The molecule has 4 aromatic rings. The highest BCUT2D eigenvalue weighted by molar-refractivity contribution is 5.92. The van der Waals surface area contributed by atoms with E-state index in [0.29, 0.717) is 45.4 Å². The van der Waals surface area contributed by atoms with E-state index in [1.807, 2.05) is 18.2 Å². The average molecular weight is 476 g/mol. The topological polar surface area (TPSA) is 101 Å². The van der Waals surface area contributed by atoms with Crippen molar-refractivity contribution in [2.45, 2.75) is 0 Å². The maximum Gasteiger partial charge on any atom is 0.262 e. The van der Waals surface area contributed by atoms with Crippen LogP contribution in [0.2, 0.25) is 0 Å². The summed E-state index contributed by atoms with van der Waals surface area (Å²) >= 11 is 0. The van der Waals surface area contributed by atoms with E-state index < -0.39 is 0 Å². The Morgan fingerprint density at radius 2 is 1.60 bits per heavy atom. The van der Waals surface area contributed by atoms with Gasteiger partial charge in [0.2, 0.25) is 5.75 Å². The summed E-state index contributed by atoms with van der Waals surface area (Å²) in [6, 6.07) is 17.5. The van der Waals surface area contributed by atoms with Gasteiger partial charge in [-0.15, -0.1) is 0 Å². The Bertz CT molecular complexity index is 1400. The molecule has 0 aliphatic rings. The predicted octanol–water partition coefficient (Wildman–Crippen LogP) is 3.64. The average Bonchev–Trinajstić information content (AvgIpc) is 2.89. The van der Waals surface area contributed by atoms with Crippen LogP contribution in [0.15, 0.2) is 65.5 Å². The molecule has 0 bridgehead atoms. The minimum absolute atomic E-state index is 0.116. The number of para-hydroxylation sites is 1. The van der Waals surface area contributed by atoms with Gasteiger partial charge < -0.3 is 24.3 Å². The molecular formula is C26H25N3O6. The second kappa shape index (κ2) is 10.2. The number of aromatic nitrogens is 2. The number of carbonyl (C=O) groups is 1. The second-order valence-electron chi connectivity index (χ2n) is 7.59. The number of carbonyl (C=O) groups excluding carboxylic acids is 1. The standard InChI is InChI=1S/C26H25N3O6/c1-29-25(28-20-8-6-5-7-19(20)26(29)31)16-9-11-18(12-10-16)35-15-23(30)27-17-13-21(32-2)24(34-4)22(14-17)33-3/h5-14H,15H2,1-4H3,(H,27,30). The molecule has 0 aliphatic carbocycles. The number of nitrogens with zero attached hydrogens (tertiary/aromatic N) is 2. The summed E-state index contributed by atoms with van der Waals surface area (Å²) in [4.78, 5) is 29.7. The summed E-state index contributed by atoms with van der Waals surface area (Å²) in [5.74, 6) is 1.97. The molecule has 180 valence electrons. The van der Waals surface area contributed by atoms with Crippen molar-refractivity contribution in [3.05, 3.63) is 71.0 Å². The summed E-state index contributed by atoms with van der Waals surface area (Å²) in [5.41, 5.74) is 1.75. The van der Waals surface area contributed by atoms with Crippen molar-refractivity contribution in [2.75, 3.05) is 33.3 Å². The number of ether oxygens (including phenoxy) is 4. The van der Waals surface area contributed by atoms with Gasteiger partial charge in [0, 0.05) is 30.4 Å². The van der Waals surface area contributed by atoms with Gasteiger partial charge in [-0.3, -0.25) is 14.2 Å². The number of hydrogen-bond acceptors (Lipinski definition) is 7. The van der Waals surface area contributed by atoms with Crippen LogP contribution in [0.3, 0.4) is 0 Å². The minimum Gasteiger partial charge on any atom is -0.493 e. The minimum atomic E-state index is -0.359. The first-order chi connectivity index (χ1) is 16.9. The number of hydrogen-bond donors (Lipinski definition) is 1. The first-order valence-electron chi connectivity index (χ1n) is 10.7. The number of fused-ring (bicyclic) bond motifs is 1. The number of benzene rings is 3. The van der Waals surface area contributed by atoms with E-state index in [9.17, 15) is 9.59 Å².